The van der Waals surface area contributed by atoms with Crippen molar-refractivity contribution < 1.29 is 0 Å². The van der Waals surface area contributed by atoms with Crippen LogP contribution in [-0.4, -0.2) is 12.6 Å². The third-order valence-corrected chi connectivity index (χ3v) is 3.22. The molecule has 0 bridgehead atoms. The van der Waals surface area contributed by atoms with Crippen LogP contribution < -0.4 is 15.8 Å². The molecule has 0 spiro atoms. The van der Waals surface area contributed by atoms with Crippen molar-refractivity contribution in [3.63, 3.8) is 0 Å². The summed E-state index contributed by atoms with van der Waals surface area (Å²) in [6.07, 6.45) is 2.54. The van der Waals surface area contributed by atoms with Crippen molar-refractivity contribution in [3.8, 4) is 0 Å². The Hall–Kier alpha value is -0.870. The van der Waals surface area contributed by atoms with Gasteiger partial charge in [-0.1, -0.05) is 6.92 Å². The maximum absolute atomic E-state index is 5.97. The van der Waals surface area contributed by atoms with Gasteiger partial charge in [0.1, 0.15) is 0 Å². The van der Waals surface area contributed by atoms with E-state index in [0.717, 1.165) is 22.8 Å². The van der Waals surface area contributed by atoms with Crippen molar-refractivity contribution >= 4 is 23.3 Å². The Bertz CT molecular complexity index is 337. The van der Waals surface area contributed by atoms with Crippen LogP contribution in [0.4, 0.5) is 11.4 Å². The minimum atomic E-state index is 0.652. The summed E-state index contributed by atoms with van der Waals surface area (Å²) in [5.41, 5.74) is 7.87. The van der Waals surface area contributed by atoms with E-state index in [1.807, 2.05) is 6.07 Å². The van der Waals surface area contributed by atoms with E-state index in [4.69, 9.17) is 5.73 Å². The lowest BCUT2D eigenvalue weighted by Crippen LogP contribution is -2.05. The van der Waals surface area contributed by atoms with Crippen LogP contribution in [0.2, 0.25) is 0 Å². The molecule has 0 radical (unpaired) electrons. The molecule has 1 saturated carbocycles. The van der Waals surface area contributed by atoms with Gasteiger partial charge in [-0.3, -0.25) is 4.72 Å². The van der Waals surface area contributed by atoms with Crippen molar-refractivity contribution in [1.82, 2.24) is 4.72 Å². The quantitative estimate of drug-likeness (QED) is 0.530. The third kappa shape index (κ3) is 3.04. The Morgan fingerprint density at radius 2 is 2.27 bits per heavy atom. The number of hydrogen-bond acceptors (Lipinski definition) is 4. The molecule has 15 heavy (non-hydrogen) atoms. The van der Waals surface area contributed by atoms with Gasteiger partial charge < -0.3 is 11.1 Å². The average Bonchev–Trinajstić information content (AvgIpc) is 3.02. The summed E-state index contributed by atoms with van der Waals surface area (Å²) < 4.78 is 3.21. The molecule has 1 aromatic carbocycles. The maximum Gasteiger partial charge on any atom is 0.0576 e. The van der Waals surface area contributed by atoms with Crippen LogP contribution in [0.5, 0.6) is 0 Å². The summed E-state index contributed by atoms with van der Waals surface area (Å²) in [6.45, 7) is 3.03. The predicted molar refractivity (Wildman–Crippen MR) is 67.0 cm³/mol. The summed E-state index contributed by atoms with van der Waals surface area (Å²) in [5.74, 6) is 0. The topological polar surface area (TPSA) is 50.1 Å². The van der Waals surface area contributed by atoms with Crippen LogP contribution in [0.3, 0.4) is 0 Å². The zero-order valence-electron chi connectivity index (χ0n) is 8.92. The highest BCUT2D eigenvalue weighted by Gasteiger charge is 2.21. The molecule has 4 N–H and O–H groups in total. The van der Waals surface area contributed by atoms with Gasteiger partial charge in [-0.25, -0.2) is 0 Å². The standard InChI is InChI=1S/C11H17N3S/c1-2-13-15-9-5-6-11(10(12)7-9)14-8-3-4-8/h5-8,13-14H,2-4,12H2,1H3. The molecule has 2 rings (SSSR count). The van der Waals surface area contributed by atoms with Gasteiger partial charge in [-0.05, 0) is 43.0 Å². The van der Waals surface area contributed by atoms with Crippen LogP contribution in [0.15, 0.2) is 23.1 Å². The first-order chi connectivity index (χ1) is 7.29. The number of nitrogen functional groups attached to an aromatic ring is 1. The third-order valence-electron chi connectivity index (χ3n) is 2.29. The summed E-state index contributed by atoms with van der Waals surface area (Å²) in [7, 11) is 0. The van der Waals surface area contributed by atoms with Gasteiger partial charge in [0.05, 0.1) is 11.4 Å². The first kappa shape index (κ1) is 10.6. The average molecular weight is 223 g/mol. The van der Waals surface area contributed by atoms with Crippen molar-refractivity contribution in [2.45, 2.75) is 30.7 Å². The molecule has 1 aromatic rings. The number of nitrogens with one attached hydrogen (secondary N) is 2. The normalized spacial score (nSPS) is 15.3. The second kappa shape index (κ2) is 4.77. The monoisotopic (exact) mass is 223 g/mol. The smallest absolute Gasteiger partial charge is 0.0576 e. The van der Waals surface area contributed by atoms with Crippen molar-refractivity contribution in [2.24, 2.45) is 0 Å². The van der Waals surface area contributed by atoms with Crippen LogP contribution in [-0.2, 0) is 0 Å². The molecule has 4 heteroatoms. The number of benzene rings is 1. The number of hydrogen-bond donors (Lipinski definition) is 3. The first-order valence-electron chi connectivity index (χ1n) is 5.35. The highest BCUT2D eigenvalue weighted by Crippen LogP contribution is 2.30. The van der Waals surface area contributed by atoms with Gasteiger partial charge >= 0.3 is 0 Å². The van der Waals surface area contributed by atoms with E-state index >= 15 is 0 Å². The summed E-state index contributed by atoms with van der Waals surface area (Å²) in [5, 5.41) is 3.41. The lowest BCUT2D eigenvalue weighted by Gasteiger charge is -2.09. The second-order valence-electron chi connectivity index (χ2n) is 3.77. The second-order valence-corrected chi connectivity index (χ2v) is 4.73. The Kier molecular flexibility index (Phi) is 3.38. The Morgan fingerprint density at radius 3 is 2.87 bits per heavy atom. The van der Waals surface area contributed by atoms with Gasteiger partial charge in [0.25, 0.3) is 0 Å². The molecule has 0 saturated heterocycles. The van der Waals surface area contributed by atoms with Crippen LogP contribution in [0.25, 0.3) is 0 Å². The highest BCUT2D eigenvalue weighted by molar-refractivity contribution is 7.97. The number of nitrogens with two attached hydrogens (primary N) is 1. The van der Waals surface area contributed by atoms with Gasteiger partial charge in [-0.2, -0.15) is 0 Å². The van der Waals surface area contributed by atoms with E-state index in [1.165, 1.54) is 12.8 Å². The van der Waals surface area contributed by atoms with E-state index in [-0.39, 0.29) is 0 Å². The maximum atomic E-state index is 5.97. The molecule has 0 aliphatic heterocycles. The fourth-order valence-electron chi connectivity index (χ4n) is 1.34. The first-order valence-corrected chi connectivity index (χ1v) is 6.17. The zero-order chi connectivity index (χ0) is 10.7. The molecule has 0 amide bonds. The molecule has 82 valence electrons. The molecule has 1 aliphatic carbocycles. The SMILES string of the molecule is CCNSc1ccc(NC2CC2)c(N)c1. The minimum absolute atomic E-state index is 0.652. The molecule has 0 heterocycles. The predicted octanol–water partition coefficient (Wildman–Crippen LogP) is 2.46. The molecular formula is C11H17N3S. The van der Waals surface area contributed by atoms with E-state index in [1.54, 1.807) is 11.9 Å². The summed E-state index contributed by atoms with van der Waals surface area (Å²) >= 11 is 1.62. The van der Waals surface area contributed by atoms with Crippen molar-refractivity contribution in [3.05, 3.63) is 18.2 Å². The fraction of sp³-hybridized carbons (Fsp3) is 0.455. The summed E-state index contributed by atoms with van der Waals surface area (Å²) in [4.78, 5) is 1.16. The Labute approximate surface area is 94.9 Å². The van der Waals surface area contributed by atoms with E-state index in [0.29, 0.717) is 6.04 Å². The molecule has 1 aliphatic rings. The van der Waals surface area contributed by atoms with E-state index < -0.39 is 0 Å². The fourth-order valence-corrected chi connectivity index (χ4v) is 1.97. The molecular weight excluding hydrogens is 206 g/mol. The van der Waals surface area contributed by atoms with E-state index in [9.17, 15) is 0 Å². The van der Waals surface area contributed by atoms with E-state index in [2.05, 4.69) is 29.1 Å². The number of anilines is 2. The zero-order valence-corrected chi connectivity index (χ0v) is 9.73. The lowest BCUT2D eigenvalue weighted by molar-refractivity contribution is 1.03. The molecule has 0 unspecified atom stereocenters. The minimum Gasteiger partial charge on any atom is -0.397 e. The van der Waals surface area contributed by atoms with Gasteiger partial charge in [0.15, 0.2) is 0 Å². The Morgan fingerprint density at radius 1 is 1.47 bits per heavy atom. The largest absolute Gasteiger partial charge is 0.397 e. The van der Waals surface area contributed by atoms with Crippen molar-refractivity contribution in [1.29, 1.82) is 0 Å². The highest BCUT2D eigenvalue weighted by atomic mass is 32.2. The summed E-state index contributed by atoms with van der Waals surface area (Å²) in [6, 6.07) is 6.82. The molecule has 0 atom stereocenters. The molecule has 3 nitrogen and oxygen atoms in total. The van der Waals surface area contributed by atoms with Gasteiger partial charge in [0, 0.05) is 17.5 Å². The van der Waals surface area contributed by atoms with Crippen LogP contribution >= 0.6 is 11.9 Å². The lowest BCUT2D eigenvalue weighted by atomic mass is 10.2. The van der Waals surface area contributed by atoms with Gasteiger partial charge in [-0.15, -0.1) is 0 Å². The number of rotatable bonds is 5. The molecule has 1 fully saturated rings. The van der Waals surface area contributed by atoms with Crippen LogP contribution in [0.1, 0.15) is 19.8 Å². The van der Waals surface area contributed by atoms with Crippen molar-refractivity contribution in [2.75, 3.05) is 17.6 Å². The Balaban J connectivity index is 2.00. The van der Waals surface area contributed by atoms with Gasteiger partial charge in [0.2, 0.25) is 0 Å². The molecule has 0 aromatic heterocycles. The van der Waals surface area contributed by atoms with Crippen LogP contribution in [0, 0.1) is 0 Å².